The minimum absolute atomic E-state index is 0.0130. The van der Waals surface area contributed by atoms with Gasteiger partial charge >= 0.3 is 0 Å². The highest BCUT2D eigenvalue weighted by molar-refractivity contribution is 7.16. The Bertz CT molecular complexity index is 1660. The van der Waals surface area contributed by atoms with Crippen LogP contribution in [0.5, 0.6) is 5.75 Å². The Hall–Kier alpha value is -3.82. The van der Waals surface area contributed by atoms with Crippen LogP contribution >= 0.6 is 22.9 Å². The highest BCUT2D eigenvalue weighted by atomic mass is 35.5. The molecule has 6 N–H and O–H groups in total. The van der Waals surface area contributed by atoms with E-state index >= 15 is 0 Å². The van der Waals surface area contributed by atoms with E-state index in [4.69, 9.17) is 17.3 Å². The number of halogens is 1. The molecular formula is C29H28ClN3O7S. The number of nitrogens with zero attached hydrogens (tertiary/aromatic N) is 2. The van der Waals surface area contributed by atoms with Crippen molar-refractivity contribution in [3.8, 4) is 17.6 Å². The molecule has 0 aliphatic heterocycles. The molecule has 4 unspecified atom stereocenters. The van der Waals surface area contributed by atoms with Crippen LogP contribution in [0.2, 0.25) is 4.34 Å². The molecule has 1 saturated carbocycles. The number of benzene rings is 1. The molecule has 12 heteroatoms. The highest BCUT2D eigenvalue weighted by Gasteiger charge is 2.64. The van der Waals surface area contributed by atoms with Crippen molar-refractivity contribution < 1.29 is 34.8 Å². The number of rotatable bonds is 3. The number of phenols is 1. The van der Waals surface area contributed by atoms with Crippen molar-refractivity contribution in [1.82, 2.24) is 4.90 Å². The summed E-state index contributed by atoms with van der Waals surface area (Å²) in [5, 5.41) is 45.6. The van der Waals surface area contributed by atoms with Gasteiger partial charge in [-0.2, -0.15) is 0 Å². The Balaban J connectivity index is 1.73. The summed E-state index contributed by atoms with van der Waals surface area (Å²) in [5.41, 5.74) is 3.00. The summed E-state index contributed by atoms with van der Waals surface area (Å²) >= 11 is 7.26. The van der Waals surface area contributed by atoms with Crippen LogP contribution in [0.15, 0.2) is 35.1 Å². The molecule has 1 fully saturated rings. The number of Topliss-reactive ketones (excluding diaryl/α,β-unsaturated/α-hetero) is 2. The fraction of sp³-hybridized carbons (Fsp3) is 0.345. The average molecular weight is 598 g/mol. The molecule has 1 heterocycles. The molecule has 1 amide bonds. The molecule has 0 radical (unpaired) electrons. The summed E-state index contributed by atoms with van der Waals surface area (Å²) in [6.07, 6.45) is 0.198. The van der Waals surface area contributed by atoms with Gasteiger partial charge in [-0.1, -0.05) is 23.4 Å². The van der Waals surface area contributed by atoms with Crippen LogP contribution in [0, 0.1) is 23.7 Å². The number of aliphatic hydroxyl groups is 3. The van der Waals surface area contributed by atoms with Crippen molar-refractivity contribution >= 4 is 51.9 Å². The number of carbonyl (C=O) groups is 3. The lowest BCUT2D eigenvalue weighted by atomic mass is 9.57. The maximum Gasteiger partial charge on any atom is 0.255 e. The number of fused-ring (bicyclic) bond motifs is 3. The van der Waals surface area contributed by atoms with Gasteiger partial charge in [0.15, 0.2) is 11.4 Å². The highest BCUT2D eigenvalue weighted by Crippen LogP contribution is 2.54. The fourth-order valence-corrected chi connectivity index (χ4v) is 7.19. The third-order valence-electron chi connectivity index (χ3n) is 8.07. The Kier molecular flexibility index (Phi) is 6.94. The third-order valence-corrected chi connectivity index (χ3v) is 9.22. The smallest absolute Gasteiger partial charge is 0.255 e. The first kappa shape index (κ1) is 28.7. The molecule has 3 aliphatic carbocycles. The second-order valence-electron chi connectivity index (χ2n) is 10.9. The standard InChI is InChI=1S/C29H28ClN3O7S/c1-32(2)17-11-12(5-6-14-7-8-18(30)41-14)23(34)20-15(17)9-13-10-16-22(33(3)4)25(36)21(28(31)39)27(38)29(16,40)26(37)19(13)24(20)35/h7-8,11,13,16,22,34-35,38,40H,9-10H2,1-4H3,(H2,31,39). The zero-order valence-electron chi connectivity index (χ0n) is 22.6. The lowest BCUT2D eigenvalue weighted by Crippen LogP contribution is -2.65. The Morgan fingerprint density at radius 1 is 1.15 bits per heavy atom. The Morgan fingerprint density at radius 3 is 2.39 bits per heavy atom. The lowest BCUT2D eigenvalue weighted by molar-refractivity contribution is -0.153. The maximum absolute atomic E-state index is 14.0. The first-order chi connectivity index (χ1) is 19.2. The number of primary amides is 1. The van der Waals surface area contributed by atoms with Crippen LogP contribution in [0.4, 0.5) is 5.69 Å². The largest absolute Gasteiger partial charge is 0.508 e. The molecule has 0 bridgehead atoms. The summed E-state index contributed by atoms with van der Waals surface area (Å²) in [6.45, 7) is 0. The molecule has 1 aromatic carbocycles. The molecule has 3 aliphatic rings. The summed E-state index contributed by atoms with van der Waals surface area (Å²) in [7, 11) is 6.70. The quantitative estimate of drug-likeness (QED) is 0.263. The minimum Gasteiger partial charge on any atom is -0.508 e. The van der Waals surface area contributed by atoms with Gasteiger partial charge in [-0.15, -0.1) is 11.3 Å². The molecule has 41 heavy (non-hydrogen) atoms. The van der Waals surface area contributed by atoms with E-state index in [0.29, 0.717) is 20.5 Å². The predicted molar refractivity (Wildman–Crippen MR) is 154 cm³/mol. The Labute approximate surface area is 244 Å². The van der Waals surface area contributed by atoms with Crippen molar-refractivity contribution in [2.24, 2.45) is 17.6 Å². The van der Waals surface area contributed by atoms with Crippen LogP contribution in [-0.4, -0.2) is 82.6 Å². The van der Waals surface area contributed by atoms with E-state index in [0.717, 1.165) is 0 Å². The van der Waals surface area contributed by atoms with E-state index in [1.165, 1.54) is 16.2 Å². The average Bonchev–Trinajstić information content (AvgIpc) is 3.30. The van der Waals surface area contributed by atoms with Gasteiger partial charge in [0.05, 0.1) is 26.4 Å². The number of ketones is 2. The van der Waals surface area contributed by atoms with E-state index in [1.807, 2.05) is 0 Å². The summed E-state index contributed by atoms with van der Waals surface area (Å²) < 4.78 is 0.552. The number of hydrogen-bond acceptors (Lipinski definition) is 10. The van der Waals surface area contributed by atoms with E-state index in [1.54, 1.807) is 51.3 Å². The van der Waals surface area contributed by atoms with Crippen molar-refractivity contribution in [1.29, 1.82) is 0 Å². The summed E-state index contributed by atoms with van der Waals surface area (Å²) in [5.74, 6) is -1.13. The first-order valence-corrected chi connectivity index (χ1v) is 13.9. The van der Waals surface area contributed by atoms with E-state index in [9.17, 15) is 34.8 Å². The fourth-order valence-electron chi connectivity index (χ4n) is 6.30. The molecule has 5 rings (SSSR count). The van der Waals surface area contributed by atoms with Crippen LogP contribution in [-0.2, 0) is 20.8 Å². The SMILES string of the molecule is CN(C)c1cc(C#Cc2ccc(Cl)s2)c(O)c2c1CC1CC3C(N(C)C)C(=O)C(C(N)=O)=C(O)C3(O)C(=O)C1=C2O. The second kappa shape index (κ2) is 9.92. The molecular weight excluding hydrogens is 570 g/mol. The monoisotopic (exact) mass is 597 g/mol. The van der Waals surface area contributed by atoms with E-state index in [-0.39, 0.29) is 35.3 Å². The van der Waals surface area contributed by atoms with Gasteiger partial charge in [0.25, 0.3) is 5.91 Å². The number of likely N-dealkylation sites (N-methyl/N-ethyl adjacent to an activating group) is 1. The van der Waals surface area contributed by atoms with Crippen molar-refractivity contribution in [2.45, 2.75) is 24.5 Å². The van der Waals surface area contributed by atoms with Crippen LogP contribution in [0.25, 0.3) is 5.76 Å². The van der Waals surface area contributed by atoms with Gasteiger partial charge in [0.2, 0.25) is 5.78 Å². The summed E-state index contributed by atoms with van der Waals surface area (Å²) in [4.78, 5) is 43.3. The molecule has 214 valence electrons. The number of aromatic hydroxyl groups is 1. The van der Waals surface area contributed by atoms with Crippen molar-refractivity contribution in [3.63, 3.8) is 0 Å². The van der Waals surface area contributed by atoms with Gasteiger partial charge in [-0.05, 0) is 56.6 Å². The van der Waals surface area contributed by atoms with Crippen LogP contribution < -0.4 is 10.6 Å². The number of nitrogens with two attached hydrogens (primary N) is 1. The normalized spacial score (nSPS) is 25.4. The van der Waals surface area contributed by atoms with E-state index < -0.39 is 58.0 Å². The predicted octanol–water partition coefficient (Wildman–Crippen LogP) is 2.14. The zero-order chi connectivity index (χ0) is 30.1. The first-order valence-electron chi connectivity index (χ1n) is 12.7. The van der Waals surface area contributed by atoms with E-state index in [2.05, 4.69) is 11.8 Å². The van der Waals surface area contributed by atoms with Gasteiger partial charge in [0.1, 0.15) is 22.8 Å². The van der Waals surface area contributed by atoms with Crippen LogP contribution in [0.3, 0.4) is 0 Å². The maximum atomic E-state index is 14.0. The molecule has 1 aromatic heterocycles. The Morgan fingerprint density at radius 2 is 1.83 bits per heavy atom. The minimum atomic E-state index is -2.69. The number of thiophene rings is 1. The number of phenolic OH excluding ortho intramolecular Hbond substituents is 1. The van der Waals surface area contributed by atoms with Gasteiger partial charge < -0.3 is 31.1 Å². The number of anilines is 1. The topological polar surface area (TPSA) is 165 Å². The number of amides is 1. The van der Waals surface area contributed by atoms with Gasteiger partial charge in [-0.25, -0.2) is 0 Å². The lowest BCUT2D eigenvalue weighted by Gasteiger charge is -2.50. The summed E-state index contributed by atoms with van der Waals surface area (Å²) in [6, 6.07) is 3.98. The molecule has 10 nitrogen and oxygen atoms in total. The molecule has 0 saturated heterocycles. The molecule has 2 aromatic rings. The number of carbonyl (C=O) groups excluding carboxylic acids is 3. The molecule has 4 atom stereocenters. The third kappa shape index (κ3) is 4.21. The van der Waals surface area contributed by atoms with Gasteiger partial charge in [0, 0.05) is 31.3 Å². The van der Waals surface area contributed by atoms with Crippen molar-refractivity contribution in [3.05, 3.63) is 61.0 Å². The number of aliphatic hydroxyl groups excluding tert-OH is 2. The van der Waals surface area contributed by atoms with Crippen molar-refractivity contribution in [2.75, 3.05) is 33.1 Å². The second-order valence-corrected chi connectivity index (χ2v) is 12.6. The van der Waals surface area contributed by atoms with Gasteiger partial charge in [-0.3, -0.25) is 19.3 Å². The zero-order valence-corrected chi connectivity index (χ0v) is 24.2. The van der Waals surface area contributed by atoms with Crippen LogP contribution in [0.1, 0.15) is 28.0 Å². The molecule has 0 spiro atoms. The number of hydrogen-bond donors (Lipinski definition) is 5.